The lowest BCUT2D eigenvalue weighted by Gasteiger charge is -2.18. The highest BCUT2D eigenvalue weighted by atomic mass is 19.1. The zero-order valence-corrected chi connectivity index (χ0v) is 13.6. The van der Waals surface area contributed by atoms with Gasteiger partial charge in [0.15, 0.2) is 0 Å². The number of amides is 1. The van der Waals surface area contributed by atoms with Gasteiger partial charge in [-0.25, -0.2) is 13.9 Å². The van der Waals surface area contributed by atoms with E-state index in [0.29, 0.717) is 5.56 Å². The molecule has 2 aliphatic rings. The number of benzene rings is 1. The van der Waals surface area contributed by atoms with Crippen LogP contribution in [0.4, 0.5) is 4.39 Å². The molecule has 4 rings (SSSR count). The second-order valence-corrected chi connectivity index (χ2v) is 6.71. The molecule has 1 aliphatic heterocycles. The topological polar surface area (TPSA) is 75.4 Å². The summed E-state index contributed by atoms with van der Waals surface area (Å²) in [6.45, 7) is -0.315. The largest absolute Gasteiger partial charge is 0.479 e. The predicted molar refractivity (Wildman–Crippen MR) is 87.5 cm³/mol. The first-order chi connectivity index (χ1) is 12.0. The Morgan fingerprint density at radius 2 is 1.96 bits per heavy atom. The summed E-state index contributed by atoms with van der Waals surface area (Å²) in [5.74, 6) is -1.59. The van der Waals surface area contributed by atoms with Crippen molar-refractivity contribution in [3.05, 3.63) is 47.8 Å². The fourth-order valence-corrected chi connectivity index (χ4v) is 3.34. The summed E-state index contributed by atoms with van der Waals surface area (Å²) in [6.07, 6.45) is 3.31. The molecule has 0 radical (unpaired) electrons. The van der Waals surface area contributed by atoms with Crippen LogP contribution in [0.5, 0.6) is 0 Å². The average Bonchev–Trinajstić information content (AvgIpc) is 3.22. The summed E-state index contributed by atoms with van der Waals surface area (Å²) in [5.41, 5.74) is -0.204. The van der Waals surface area contributed by atoms with E-state index in [-0.39, 0.29) is 24.8 Å². The van der Waals surface area contributed by atoms with E-state index in [9.17, 15) is 14.0 Å². The van der Waals surface area contributed by atoms with Crippen molar-refractivity contribution in [2.45, 2.75) is 30.8 Å². The lowest BCUT2D eigenvalue weighted by atomic mass is 10.1. The summed E-state index contributed by atoms with van der Waals surface area (Å²) in [4.78, 5) is 25.2. The first kappa shape index (κ1) is 15.8. The van der Waals surface area contributed by atoms with Crippen LogP contribution in [0.1, 0.15) is 41.2 Å². The molecule has 0 spiro atoms. The zero-order chi connectivity index (χ0) is 17.6. The molecule has 130 valence electrons. The van der Waals surface area contributed by atoms with Gasteiger partial charge in [-0.05, 0) is 25.0 Å². The fourth-order valence-electron chi connectivity index (χ4n) is 3.34. The molecule has 25 heavy (non-hydrogen) atoms. The molecular formula is C18H18FN3O3. The summed E-state index contributed by atoms with van der Waals surface area (Å²) >= 11 is 0. The Morgan fingerprint density at radius 1 is 1.24 bits per heavy atom. The van der Waals surface area contributed by atoms with Crippen molar-refractivity contribution < 1.29 is 19.1 Å². The Morgan fingerprint density at radius 3 is 2.56 bits per heavy atom. The first-order valence-electron chi connectivity index (χ1n) is 8.34. The van der Waals surface area contributed by atoms with Crippen molar-refractivity contribution in [3.63, 3.8) is 0 Å². The molecule has 1 atom stereocenters. The van der Waals surface area contributed by atoms with E-state index < -0.39 is 18.2 Å². The Kier molecular flexibility index (Phi) is 3.59. The smallest absolute Gasteiger partial charge is 0.343 e. The van der Waals surface area contributed by atoms with Gasteiger partial charge in [-0.2, -0.15) is 5.10 Å². The molecule has 1 unspecified atom stereocenters. The van der Waals surface area contributed by atoms with Crippen LogP contribution in [0, 0.1) is 0 Å². The minimum Gasteiger partial charge on any atom is -0.479 e. The molecule has 1 saturated heterocycles. The summed E-state index contributed by atoms with van der Waals surface area (Å²) in [5, 5.41) is 13.4. The highest BCUT2D eigenvalue weighted by Crippen LogP contribution is 2.43. The molecule has 1 aliphatic carbocycles. The van der Waals surface area contributed by atoms with Gasteiger partial charge in [-0.1, -0.05) is 18.2 Å². The van der Waals surface area contributed by atoms with Gasteiger partial charge in [0, 0.05) is 18.9 Å². The van der Waals surface area contributed by atoms with Gasteiger partial charge in [0.05, 0.1) is 29.7 Å². The number of halogens is 1. The van der Waals surface area contributed by atoms with Gasteiger partial charge in [0.2, 0.25) is 5.67 Å². The molecule has 1 N–H and O–H groups in total. The lowest BCUT2D eigenvalue weighted by molar-refractivity contribution is -0.149. The quantitative estimate of drug-likeness (QED) is 0.925. The maximum absolute atomic E-state index is 14.3. The number of aliphatic carboxylic acids is 1. The third-order valence-electron chi connectivity index (χ3n) is 4.89. The number of hydrogen-bond acceptors (Lipinski definition) is 3. The molecule has 1 amide bonds. The van der Waals surface area contributed by atoms with E-state index in [2.05, 4.69) is 5.10 Å². The maximum atomic E-state index is 14.3. The molecule has 2 aromatic rings. The Hall–Kier alpha value is -2.70. The molecule has 7 heteroatoms. The minimum atomic E-state index is -2.36. The molecule has 1 saturated carbocycles. The molecule has 1 aromatic heterocycles. The molecule has 2 fully saturated rings. The lowest BCUT2D eigenvalue weighted by Crippen LogP contribution is -2.39. The van der Waals surface area contributed by atoms with Gasteiger partial charge in [-0.3, -0.25) is 4.79 Å². The summed E-state index contributed by atoms with van der Waals surface area (Å²) < 4.78 is 16.1. The summed E-state index contributed by atoms with van der Waals surface area (Å²) in [7, 11) is 0. The van der Waals surface area contributed by atoms with Crippen molar-refractivity contribution >= 4 is 11.9 Å². The van der Waals surface area contributed by atoms with Crippen molar-refractivity contribution in [3.8, 4) is 5.69 Å². The normalized spacial score (nSPS) is 23.0. The standard InChI is InChI=1S/C18H18FN3O3/c19-18(17(24)25)8-9-21(11-18)16(23)14-10-20-22(15(14)12-6-7-12)13-4-2-1-3-5-13/h1-5,10,12H,6-9,11H2,(H,24,25). The third-order valence-corrected chi connectivity index (χ3v) is 4.89. The van der Waals surface area contributed by atoms with Crippen molar-refractivity contribution in [1.29, 1.82) is 0 Å². The van der Waals surface area contributed by atoms with Crippen LogP contribution in [0.3, 0.4) is 0 Å². The summed E-state index contributed by atoms with van der Waals surface area (Å²) in [6, 6.07) is 9.55. The van der Waals surface area contributed by atoms with Gasteiger partial charge >= 0.3 is 5.97 Å². The third kappa shape index (κ3) is 2.69. The van der Waals surface area contributed by atoms with Crippen LogP contribution in [0.2, 0.25) is 0 Å². The van der Waals surface area contributed by atoms with Gasteiger partial charge < -0.3 is 10.0 Å². The fraction of sp³-hybridized carbons (Fsp3) is 0.389. The number of nitrogens with zero attached hydrogens (tertiary/aromatic N) is 3. The number of carboxylic acid groups (broad SMARTS) is 1. The number of alkyl halides is 1. The van der Waals surface area contributed by atoms with E-state index in [4.69, 9.17) is 5.11 Å². The van der Waals surface area contributed by atoms with Crippen molar-refractivity contribution in [2.75, 3.05) is 13.1 Å². The van der Waals surface area contributed by atoms with Gasteiger partial charge in [0.1, 0.15) is 0 Å². The maximum Gasteiger partial charge on any atom is 0.343 e. The molecular weight excluding hydrogens is 325 g/mol. The Bertz CT molecular complexity index is 831. The highest BCUT2D eigenvalue weighted by molar-refractivity contribution is 5.96. The van der Waals surface area contributed by atoms with E-state index in [1.165, 1.54) is 11.1 Å². The number of likely N-dealkylation sites (tertiary alicyclic amines) is 1. The van der Waals surface area contributed by atoms with E-state index in [0.717, 1.165) is 24.2 Å². The SMILES string of the molecule is O=C(c1cnn(-c2ccccc2)c1C1CC1)N1CCC(F)(C(=O)O)C1. The number of hydrogen-bond donors (Lipinski definition) is 1. The van der Waals surface area contributed by atoms with Crippen LogP contribution in [0.25, 0.3) is 5.69 Å². The number of aromatic nitrogens is 2. The average molecular weight is 343 g/mol. The van der Waals surface area contributed by atoms with Crippen LogP contribution in [-0.2, 0) is 4.79 Å². The number of carboxylic acids is 1. The zero-order valence-electron chi connectivity index (χ0n) is 13.6. The van der Waals surface area contributed by atoms with Crippen LogP contribution in [-0.4, -0.2) is 50.4 Å². The number of carbonyl (C=O) groups excluding carboxylic acids is 1. The monoisotopic (exact) mass is 343 g/mol. The number of para-hydroxylation sites is 1. The molecule has 6 nitrogen and oxygen atoms in total. The first-order valence-corrected chi connectivity index (χ1v) is 8.34. The van der Waals surface area contributed by atoms with Gasteiger partial charge in [0.25, 0.3) is 5.91 Å². The van der Waals surface area contributed by atoms with E-state index in [1.54, 1.807) is 4.68 Å². The number of rotatable bonds is 4. The Balaban J connectivity index is 1.66. The van der Waals surface area contributed by atoms with Gasteiger partial charge in [-0.15, -0.1) is 0 Å². The van der Waals surface area contributed by atoms with Crippen molar-refractivity contribution in [1.82, 2.24) is 14.7 Å². The number of carbonyl (C=O) groups is 2. The second kappa shape index (κ2) is 5.68. The van der Waals surface area contributed by atoms with Crippen LogP contribution < -0.4 is 0 Å². The van der Waals surface area contributed by atoms with Crippen molar-refractivity contribution in [2.24, 2.45) is 0 Å². The van der Waals surface area contributed by atoms with E-state index >= 15 is 0 Å². The van der Waals surface area contributed by atoms with Crippen LogP contribution >= 0.6 is 0 Å². The molecule has 2 heterocycles. The second-order valence-electron chi connectivity index (χ2n) is 6.71. The van der Waals surface area contributed by atoms with Crippen LogP contribution in [0.15, 0.2) is 36.5 Å². The molecule has 1 aromatic carbocycles. The predicted octanol–water partition coefficient (Wildman–Crippen LogP) is 2.39. The van der Waals surface area contributed by atoms with E-state index in [1.807, 2.05) is 30.3 Å². The highest BCUT2D eigenvalue weighted by Gasteiger charge is 2.47. The molecule has 0 bridgehead atoms. The minimum absolute atomic E-state index is 0.0995. The Labute approximate surface area is 143 Å².